The van der Waals surface area contributed by atoms with E-state index in [9.17, 15) is 10.0 Å². The van der Waals surface area contributed by atoms with E-state index in [1.165, 1.54) is 6.20 Å². The number of carbonyl (C=O) groups excluding carboxylic acids is 1. The van der Waals surface area contributed by atoms with Crippen LogP contribution in [0.15, 0.2) is 24.4 Å². The Hall–Kier alpha value is -2.17. The molecule has 0 amide bonds. The van der Waals surface area contributed by atoms with Crippen LogP contribution in [0.3, 0.4) is 0 Å². The van der Waals surface area contributed by atoms with Crippen LogP contribution in [0.4, 0.5) is 5.69 Å². The fourth-order valence-corrected chi connectivity index (χ4v) is 1.57. The predicted molar refractivity (Wildman–Crippen MR) is 59.5 cm³/mol. The van der Waals surface area contributed by atoms with Gasteiger partial charge in [0.15, 0.2) is 0 Å². The van der Waals surface area contributed by atoms with E-state index in [0.717, 1.165) is 10.1 Å². The number of benzene rings is 1. The molecule has 0 radical (unpaired) electrons. The van der Waals surface area contributed by atoms with Crippen LogP contribution in [-0.4, -0.2) is 22.5 Å². The molecule has 1 aromatic heterocycles. The van der Waals surface area contributed by atoms with Crippen molar-refractivity contribution in [2.75, 3.05) is 12.3 Å². The van der Waals surface area contributed by atoms with Crippen molar-refractivity contribution < 1.29 is 14.7 Å². The van der Waals surface area contributed by atoms with Crippen molar-refractivity contribution in [3.05, 3.63) is 30.0 Å². The molecular formula is C11H12N2O3. The Morgan fingerprint density at radius 2 is 2.31 bits per heavy atom. The zero-order valence-electron chi connectivity index (χ0n) is 8.80. The van der Waals surface area contributed by atoms with Crippen LogP contribution in [0.1, 0.15) is 17.3 Å². The fourth-order valence-electron chi connectivity index (χ4n) is 1.57. The molecule has 1 aromatic carbocycles. The third-order valence-corrected chi connectivity index (χ3v) is 2.34. The van der Waals surface area contributed by atoms with Gasteiger partial charge < -0.3 is 15.7 Å². The standard InChI is InChI=1S/C11H12N2O3/c1-2-16-11(14)8-5-7-3-4-13(15)10(7)6-9(8)12/h3-6,15H,2,12H2,1H3. The first-order valence-corrected chi connectivity index (χ1v) is 4.90. The highest BCUT2D eigenvalue weighted by Crippen LogP contribution is 2.23. The van der Waals surface area contributed by atoms with Crippen LogP contribution in [0.25, 0.3) is 10.9 Å². The molecule has 1 heterocycles. The van der Waals surface area contributed by atoms with Gasteiger partial charge >= 0.3 is 5.97 Å². The topological polar surface area (TPSA) is 77.5 Å². The van der Waals surface area contributed by atoms with Crippen LogP contribution in [0.2, 0.25) is 0 Å². The number of nitrogens with zero attached hydrogens (tertiary/aromatic N) is 1. The molecular weight excluding hydrogens is 208 g/mol. The molecule has 0 atom stereocenters. The van der Waals surface area contributed by atoms with Crippen molar-refractivity contribution in [2.24, 2.45) is 0 Å². The van der Waals surface area contributed by atoms with E-state index in [1.807, 2.05) is 0 Å². The highest BCUT2D eigenvalue weighted by atomic mass is 16.5. The molecule has 0 fully saturated rings. The molecule has 0 aliphatic rings. The maximum absolute atomic E-state index is 11.5. The summed E-state index contributed by atoms with van der Waals surface area (Å²) >= 11 is 0. The summed E-state index contributed by atoms with van der Waals surface area (Å²) in [5, 5.41) is 10.1. The fraction of sp³-hybridized carbons (Fsp3) is 0.182. The summed E-state index contributed by atoms with van der Waals surface area (Å²) in [6, 6.07) is 4.84. The van der Waals surface area contributed by atoms with Crippen molar-refractivity contribution in [1.29, 1.82) is 0 Å². The van der Waals surface area contributed by atoms with Gasteiger partial charge in [-0.25, -0.2) is 4.79 Å². The molecule has 16 heavy (non-hydrogen) atoms. The van der Waals surface area contributed by atoms with Crippen molar-refractivity contribution in [2.45, 2.75) is 6.92 Å². The summed E-state index contributed by atoms with van der Waals surface area (Å²) in [6.07, 6.45) is 1.49. The van der Waals surface area contributed by atoms with Gasteiger partial charge in [-0.2, -0.15) is 4.73 Å². The Labute approximate surface area is 92.0 Å². The number of rotatable bonds is 2. The van der Waals surface area contributed by atoms with E-state index in [2.05, 4.69) is 0 Å². The second-order valence-corrected chi connectivity index (χ2v) is 3.38. The van der Waals surface area contributed by atoms with E-state index < -0.39 is 5.97 Å². The van der Waals surface area contributed by atoms with Crippen molar-refractivity contribution in [3.63, 3.8) is 0 Å². The molecule has 2 rings (SSSR count). The van der Waals surface area contributed by atoms with Crippen LogP contribution >= 0.6 is 0 Å². The summed E-state index contributed by atoms with van der Waals surface area (Å²) in [5.41, 5.74) is 6.89. The quantitative estimate of drug-likeness (QED) is 0.458. The molecule has 84 valence electrons. The maximum atomic E-state index is 11.5. The summed E-state index contributed by atoms with van der Waals surface area (Å²) < 4.78 is 5.84. The van der Waals surface area contributed by atoms with Crippen LogP contribution < -0.4 is 5.73 Å². The second-order valence-electron chi connectivity index (χ2n) is 3.38. The van der Waals surface area contributed by atoms with Crippen molar-refractivity contribution in [1.82, 2.24) is 4.73 Å². The van der Waals surface area contributed by atoms with Gasteiger partial charge in [0.1, 0.15) is 0 Å². The van der Waals surface area contributed by atoms with Gasteiger partial charge in [0.05, 0.1) is 17.7 Å². The minimum atomic E-state index is -0.451. The molecule has 0 aliphatic heterocycles. The van der Waals surface area contributed by atoms with Gasteiger partial charge in [-0.1, -0.05) is 0 Å². The number of ether oxygens (including phenoxy) is 1. The zero-order chi connectivity index (χ0) is 11.7. The number of carbonyl (C=O) groups is 1. The molecule has 0 bridgehead atoms. The predicted octanol–water partition coefficient (Wildman–Crippen LogP) is 1.64. The molecule has 0 saturated carbocycles. The molecule has 0 unspecified atom stereocenters. The average Bonchev–Trinajstić information content (AvgIpc) is 2.59. The minimum absolute atomic E-state index is 0.292. The Morgan fingerprint density at radius 3 is 3.00 bits per heavy atom. The third kappa shape index (κ3) is 1.56. The molecule has 0 saturated heterocycles. The maximum Gasteiger partial charge on any atom is 0.340 e. The number of esters is 1. The van der Waals surface area contributed by atoms with Crippen molar-refractivity contribution >= 4 is 22.6 Å². The highest BCUT2D eigenvalue weighted by molar-refractivity contribution is 6.00. The first kappa shape index (κ1) is 10.4. The molecule has 5 nitrogen and oxygen atoms in total. The molecule has 3 N–H and O–H groups in total. The smallest absolute Gasteiger partial charge is 0.340 e. The van der Waals surface area contributed by atoms with E-state index in [-0.39, 0.29) is 0 Å². The summed E-state index contributed by atoms with van der Waals surface area (Å²) in [5.74, 6) is -0.451. The Morgan fingerprint density at radius 1 is 1.56 bits per heavy atom. The Bertz CT molecular complexity index is 545. The number of nitrogen functional groups attached to an aromatic ring is 1. The Kier molecular flexibility index (Phi) is 2.44. The number of hydrogen-bond donors (Lipinski definition) is 2. The first-order valence-electron chi connectivity index (χ1n) is 4.90. The van der Waals surface area contributed by atoms with E-state index in [4.69, 9.17) is 10.5 Å². The van der Waals surface area contributed by atoms with Gasteiger partial charge in [-0.3, -0.25) is 0 Å². The minimum Gasteiger partial charge on any atom is -0.462 e. The lowest BCUT2D eigenvalue weighted by Crippen LogP contribution is -2.08. The van der Waals surface area contributed by atoms with Crippen LogP contribution in [0, 0.1) is 0 Å². The van der Waals surface area contributed by atoms with Crippen molar-refractivity contribution in [3.8, 4) is 0 Å². The lowest BCUT2D eigenvalue weighted by molar-refractivity contribution is 0.0528. The monoisotopic (exact) mass is 220 g/mol. The molecule has 2 aromatic rings. The zero-order valence-corrected chi connectivity index (χ0v) is 8.80. The Balaban J connectivity index is 2.54. The summed E-state index contributed by atoms with van der Waals surface area (Å²) in [4.78, 5) is 11.5. The number of anilines is 1. The van der Waals surface area contributed by atoms with Gasteiger partial charge in [0, 0.05) is 17.3 Å². The normalized spacial score (nSPS) is 10.6. The second kappa shape index (κ2) is 3.77. The number of fused-ring (bicyclic) bond motifs is 1. The van der Waals surface area contributed by atoms with Gasteiger partial charge in [-0.05, 0) is 25.1 Å². The lowest BCUT2D eigenvalue weighted by Gasteiger charge is -2.05. The number of hydrogen-bond acceptors (Lipinski definition) is 4. The number of nitrogens with two attached hydrogens (primary N) is 1. The summed E-state index contributed by atoms with van der Waals surface area (Å²) in [7, 11) is 0. The number of aromatic nitrogens is 1. The van der Waals surface area contributed by atoms with E-state index in [0.29, 0.717) is 23.4 Å². The first-order chi connectivity index (χ1) is 7.63. The SMILES string of the molecule is CCOC(=O)c1cc2ccn(O)c2cc1N. The largest absolute Gasteiger partial charge is 0.462 e. The van der Waals surface area contributed by atoms with Gasteiger partial charge in [0.25, 0.3) is 0 Å². The summed E-state index contributed by atoms with van der Waals surface area (Å²) in [6.45, 7) is 2.04. The highest BCUT2D eigenvalue weighted by Gasteiger charge is 2.13. The van der Waals surface area contributed by atoms with Crippen LogP contribution in [0.5, 0.6) is 0 Å². The average molecular weight is 220 g/mol. The van der Waals surface area contributed by atoms with E-state index in [1.54, 1.807) is 25.1 Å². The van der Waals surface area contributed by atoms with Gasteiger partial charge in [-0.15, -0.1) is 0 Å². The van der Waals surface area contributed by atoms with E-state index >= 15 is 0 Å². The third-order valence-electron chi connectivity index (χ3n) is 2.34. The molecule has 0 spiro atoms. The van der Waals surface area contributed by atoms with Gasteiger partial charge in [0.2, 0.25) is 0 Å². The molecule has 5 heteroatoms. The molecule has 0 aliphatic carbocycles. The van der Waals surface area contributed by atoms with Crippen LogP contribution in [-0.2, 0) is 4.74 Å². The lowest BCUT2D eigenvalue weighted by atomic mass is 10.1.